The van der Waals surface area contributed by atoms with Crippen molar-refractivity contribution in [1.29, 1.82) is 0 Å². The predicted molar refractivity (Wildman–Crippen MR) is 114 cm³/mol. The molecule has 0 spiro atoms. The lowest BCUT2D eigenvalue weighted by molar-refractivity contribution is 0.414. The second-order valence-electron chi connectivity index (χ2n) is 6.42. The summed E-state index contributed by atoms with van der Waals surface area (Å²) < 4.78 is 6.91. The van der Waals surface area contributed by atoms with Gasteiger partial charge in [0.15, 0.2) is 5.75 Å². The van der Waals surface area contributed by atoms with Crippen LogP contribution in [0.15, 0.2) is 52.2 Å². The maximum absolute atomic E-state index is 13.3. The van der Waals surface area contributed by atoms with Gasteiger partial charge in [0.2, 0.25) is 0 Å². The van der Waals surface area contributed by atoms with E-state index in [4.69, 9.17) is 16.3 Å². The first-order valence-electron chi connectivity index (χ1n) is 8.76. The van der Waals surface area contributed by atoms with Crippen LogP contribution < -0.4 is 10.3 Å². The van der Waals surface area contributed by atoms with Crippen LogP contribution in [-0.2, 0) is 17.4 Å². The average Bonchev–Trinajstić information content (AvgIpc) is 2.66. The smallest absolute Gasteiger partial charge is 0.310 e. The molecule has 142 valence electrons. The summed E-state index contributed by atoms with van der Waals surface area (Å²) in [6, 6.07) is 12.9. The van der Waals surface area contributed by atoms with Crippen LogP contribution in [0, 0.1) is 0 Å². The largest absolute Gasteiger partial charge is 0.503 e. The molecule has 1 atom stereocenters. The number of methoxy groups -OCH3 is 1. The topological polar surface area (TPSA) is 51.5 Å². The quantitative estimate of drug-likeness (QED) is 0.618. The molecule has 0 aliphatic heterocycles. The van der Waals surface area contributed by atoms with E-state index in [1.807, 2.05) is 30.5 Å². The summed E-state index contributed by atoms with van der Waals surface area (Å²) >= 11 is 6.18. The summed E-state index contributed by atoms with van der Waals surface area (Å²) in [6.07, 6.45) is 2.97. The molecule has 1 N–H and O–H groups in total. The second kappa shape index (κ2) is 8.28. The van der Waals surface area contributed by atoms with E-state index in [0.29, 0.717) is 27.4 Å². The minimum absolute atomic E-state index is 0.0805. The van der Waals surface area contributed by atoms with Gasteiger partial charge in [0.05, 0.1) is 19.2 Å². The van der Waals surface area contributed by atoms with Gasteiger partial charge in [-0.25, -0.2) is 0 Å². The fourth-order valence-corrected chi connectivity index (χ4v) is 5.01. The Balaban J connectivity index is 2.21. The number of hydrogen-bond donors (Lipinski definition) is 1. The highest BCUT2D eigenvalue weighted by molar-refractivity contribution is 7.96. The number of halogens is 1. The Morgan fingerprint density at radius 3 is 2.52 bits per heavy atom. The number of aromatic hydroxyl groups is 1. The first-order valence-corrected chi connectivity index (χ1v) is 10.9. The number of ether oxygens (including phenoxy) is 1. The third-order valence-corrected chi connectivity index (χ3v) is 6.84. The van der Waals surface area contributed by atoms with E-state index < -0.39 is 0 Å². The summed E-state index contributed by atoms with van der Waals surface area (Å²) in [6.45, 7) is 2.48. The number of rotatable bonds is 6. The fourth-order valence-electron chi connectivity index (χ4n) is 3.18. The minimum atomic E-state index is -0.328. The highest BCUT2D eigenvalue weighted by Gasteiger charge is 2.28. The lowest BCUT2D eigenvalue weighted by Crippen LogP contribution is -2.27. The molecule has 0 radical (unpaired) electrons. The third-order valence-electron chi connectivity index (χ3n) is 4.52. The predicted octanol–water partition coefficient (Wildman–Crippen LogP) is 4.43. The first kappa shape index (κ1) is 19.6. The molecule has 1 unspecified atom stereocenters. The van der Waals surface area contributed by atoms with Gasteiger partial charge < -0.3 is 9.84 Å². The molecule has 0 amide bonds. The van der Waals surface area contributed by atoms with Gasteiger partial charge >= 0.3 is 5.56 Å². The van der Waals surface area contributed by atoms with Gasteiger partial charge in [0.1, 0.15) is 17.8 Å². The highest BCUT2D eigenvalue weighted by atomic mass is 35.5. The van der Waals surface area contributed by atoms with Crippen molar-refractivity contribution in [3.05, 3.63) is 63.4 Å². The zero-order valence-corrected chi connectivity index (χ0v) is 17.2. The maximum Gasteiger partial charge on any atom is 0.310 e. The lowest BCUT2D eigenvalue weighted by Gasteiger charge is -2.15. The molecule has 3 rings (SSSR count). The molecule has 0 aliphatic carbocycles. The van der Waals surface area contributed by atoms with E-state index in [-0.39, 0.29) is 22.2 Å². The van der Waals surface area contributed by atoms with Crippen LogP contribution in [0.4, 0.5) is 0 Å². The van der Waals surface area contributed by atoms with E-state index in [1.165, 1.54) is 0 Å². The number of nitrogens with zero attached hydrogens (tertiary/aromatic N) is 1. The molecule has 1 aromatic heterocycles. The van der Waals surface area contributed by atoms with Crippen LogP contribution >= 0.6 is 11.6 Å². The van der Waals surface area contributed by atoms with Crippen LogP contribution in [0.1, 0.15) is 18.9 Å². The lowest BCUT2D eigenvalue weighted by atomic mass is 10.1. The van der Waals surface area contributed by atoms with Gasteiger partial charge in [-0.2, -0.15) is 0 Å². The van der Waals surface area contributed by atoms with Crippen molar-refractivity contribution in [2.45, 2.75) is 24.8 Å². The van der Waals surface area contributed by atoms with Crippen molar-refractivity contribution in [2.24, 2.45) is 0 Å². The summed E-state index contributed by atoms with van der Waals surface area (Å²) in [4.78, 5) is 13.8. The Bertz CT molecular complexity index is 1010. The molecule has 3 aromatic rings. The van der Waals surface area contributed by atoms with E-state index in [0.717, 1.165) is 23.5 Å². The Morgan fingerprint density at radius 1 is 1.19 bits per heavy atom. The number of fused-ring (bicyclic) bond motifs is 1. The summed E-state index contributed by atoms with van der Waals surface area (Å²) in [7, 11) is 1.29. The summed E-state index contributed by atoms with van der Waals surface area (Å²) in [5, 5.41) is 12.0. The van der Waals surface area contributed by atoms with Crippen molar-refractivity contribution in [3.63, 3.8) is 0 Å². The molecule has 0 saturated heterocycles. The van der Waals surface area contributed by atoms with E-state index in [9.17, 15) is 9.90 Å². The zero-order valence-electron chi connectivity index (χ0n) is 15.7. The van der Waals surface area contributed by atoms with Gasteiger partial charge in [-0.05, 0) is 42.3 Å². The molecule has 0 aliphatic rings. The van der Waals surface area contributed by atoms with Crippen molar-refractivity contribution >= 4 is 33.4 Å². The van der Waals surface area contributed by atoms with Crippen LogP contribution in [0.3, 0.4) is 0 Å². The third kappa shape index (κ3) is 3.94. The molecule has 27 heavy (non-hydrogen) atoms. The highest BCUT2D eigenvalue weighted by Crippen LogP contribution is 2.32. The zero-order chi connectivity index (χ0) is 19.6. The number of pyridine rings is 1. The Labute approximate surface area is 166 Å². The van der Waals surface area contributed by atoms with E-state index in [2.05, 4.69) is 6.92 Å². The van der Waals surface area contributed by atoms with E-state index >= 15 is 0 Å². The maximum atomic E-state index is 13.3. The van der Waals surface area contributed by atoms with Crippen LogP contribution in [0.2, 0.25) is 5.02 Å². The molecule has 0 bridgehead atoms. The van der Waals surface area contributed by atoms with Crippen LogP contribution in [0.5, 0.6) is 11.5 Å². The van der Waals surface area contributed by atoms with Crippen molar-refractivity contribution in [1.82, 2.24) is 4.57 Å². The average molecular weight is 405 g/mol. The van der Waals surface area contributed by atoms with Gasteiger partial charge in [0.25, 0.3) is 4.90 Å². The number of hydrogen-bond acceptors (Lipinski definition) is 3. The molecule has 0 saturated carbocycles. The molecule has 0 fully saturated rings. The molecular weight excluding hydrogens is 382 g/mol. The van der Waals surface area contributed by atoms with Crippen LogP contribution in [-0.4, -0.2) is 28.8 Å². The number of aromatic nitrogens is 1. The SMILES string of the molecule is CCC[S+](C)c1c(O)c2ccc(Cl)cc2n(Cc2ccc(OC)cc2)c1=O. The van der Waals surface area contributed by atoms with Crippen molar-refractivity contribution in [2.75, 3.05) is 19.1 Å². The Kier molecular flexibility index (Phi) is 6.02. The standard InChI is InChI=1S/C21H22ClNO3S/c1-4-11-27(3)20-19(24)17-10-7-15(22)12-18(17)23(21(20)25)13-14-5-8-16(26-2)9-6-14/h5-10,12H,4,11,13H2,1-3H3/p+1. The normalized spacial score (nSPS) is 12.3. The Hall–Kier alpha value is -2.11. The monoisotopic (exact) mass is 404 g/mol. The van der Waals surface area contributed by atoms with Gasteiger partial charge in [-0.3, -0.25) is 9.36 Å². The molecule has 1 heterocycles. The molecular formula is C21H23ClNO3S+. The molecule has 2 aromatic carbocycles. The van der Waals surface area contributed by atoms with Gasteiger partial charge in [-0.15, -0.1) is 0 Å². The van der Waals surface area contributed by atoms with Crippen LogP contribution in [0.25, 0.3) is 10.9 Å². The Morgan fingerprint density at radius 2 is 1.89 bits per heavy atom. The summed E-state index contributed by atoms with van der Waals surface area (Å²) in [5.74, 6) is 1.71. The van der Waals surface area contributed by atoms with E-state index in [1.54, 1.807) is 29.9 Å². The second-order valence-corrected chi connectivity index (χ2v) is 8.95. The first-order chi connectivity index (χ1) is 13.0. The van der Waals surface area contributed by atoms with Gasteiger partial charge in [0, 0.05) is 21.3 Å². The minimum Gasteiger partial charge on any atom is -0.503 e. The fraction of sp³-hybridized carbons (Fsp3) is 0.286. The van der Waals surface area contributed by atoms with Gasteiger partial charge in [-0.1, -0.05) is 30.7 Å². The molecule has 6 heteroatoms. The number of benzene rings is 2. The van der Waals surface area contributed by atoms with Crippen molar-refractivity contribution in [3.8, 4) is 11.5 Å². The van der Waals surface area contributed by atoms with Crippen molar-refractivity contribution < 1.29 is 9.84 Å². The molecule has 4 nitrogen and oxygen atoms in total. The summed E-state index contributed by atoms with van der Waals surface area (Å²) in [5.41, 5.74) is 1.46.